The van der Waals surface area contributed by atoms with Gasteiger partial charge in [-0.1, -0.05) is 19.1 Å². The molecule has 16 heavy (non-hydrogen) atoms. The van der Waals surface area contributed by atoms with Crippen molar-refractivity contribution >= 4 is 11.3 Å². The summed E-state index contributed by atoms with van der Waals surface area (Å²) in [5.41, 5.74) is 3.47. The molecule has 0 aliphatic heterocycles. The molecule has 0 bridgehead atoms. The number of rotatable bonds is 4. The van der Waals surface area contributed by atoms with Crippen molar-refractivity contribution in [1.82, 2.24) is 10.3 Å². The molecule has 0 saturated heterocycles. The number of aromatic nitrogens is 1. The Labute approximate surface area is 100 Å². The molecule has 2 nitrogen and oxygen atoms in total. The predicted molar refractivity (Wildman–Crippen MR) is 69.7 cm³/mol. The first-order valence-corrected chi connectivity index (χ1v) is 6.40. The van der Waals surface area contributed by atoms with Gasteiger partial charge in [-0.2, -0.15) is 0 Å². The predicted octanol–water partition coefficient (Wildman–Crippen LogP) is 3.23. The summed E-state index contributed by atoms with van der Waals surface area (Å²) in [6, 6.07) is 8.44. The van der Waals surface area contributed by atoms with Crippen LogP contribution in [0.5, 0.6) is 0 Å². The Morgan fingerprint density at radius 3 is 2.81 bits per heavy atom. The topological polar surface area (TPSA) is 24.9 Å². The zero-order valence-electron chi connectivity index (χ0n) is 9.66. The number of hydrogen-bond donors (Lipinski definition) is 1. The molecule has 0 saturated carbocycles. The fourth-order valence-electron chi connectivity index (χ4n) is 1.60. The Hall–Kier alpha value is -1.19. The summed E-state index contributed by atoms with van der Waals surface area (Å²) < 4.78 is 0. The third-order valence-electron chi connectivity index (χ3n) is 2.53. The second-order valence-electron chi connectivity index (χ2n) is 3.70. The van der Waals surface area contributed by atoms with Crippen LogP contribution in [-0.2, 0) is 6.54 Å². The van der Waals surface area contributed by atoms with Crippen molar-refractivity contribution in [3.05, 3.63) is 40.9 Å². The lowest BCUT2D eigenvalue weighted by Crippen LogP contribution is -2.13. The Morgan fingerprint density at radius 2 is 2.19 bits per heavy atom. The van der Waals surface area contributed by atoms with Crippen molar-refractivity contribution in [2.45, 2.75) is 20.4 Å². The highest BCUT2D eigenvalue weighted by atomic mass is 32.1. The maximum absolute atomic E-state index is 4.64. The molecule has 0 aromatic carbocycles. The van der Waals surface area contributed by atoms with Gasteiger partial charge >= 0.3 is 0 Å². The van der Waals surface area contributed by atoms with E-state index in [2.05, 4.69) is 53.8 Å². The van der Waals surface area contributed by atoms with Gasteiger partial charge in [-0.3, -0.25) is 4.98 Å². The second kappa shape index (κ2) is 5.23. The van der Waals surface area contributed by atoms with E-state index in [1.54, 1.807) is 11.3 Å². The summed E-state index contributed by atoms with van der Waals surface area (Å²) in [6.07, 6.45) is 0. The van der Waals surface area contributed by atoms with Crippen molar-refractivity contribution in [1.29, 1.82) is 0 Å². The van der Waals surface area contributed by atoms with Crippen LogP contribution in [0.2, 0.25) is 0 Å². The molecule has 0 atom stereocenters. The minimum absolute atomic E-state index is 0.903. The molecule has 0 fully saturated rings. The van der Waals surface area contributed by atoms with Crippen LogP contribution in [0, 0.1) is 6.92 Å². The molecule has 1 N–H and O–H groups in total. The molecule has 2 rings (SSSR count). The van der Waals surface area contributed by atoms with Crippen LogP contribution in [0.25, 0.3) is 10.6 Å². The fraction of sp³-hybridized carbons (Fsp3) is 0.308. The second-order valence-corrected chi connectivity index (χ2v) is 4.65. The number of nitrogens with zero attached hydrogens (tertiary/aromatic N) is 1. The van der Waals surface area contributed by atoms with Crippen LogP contribution < -0.4 is 5.32 Å². The average molecular weight is 232 g/mol. The maximum atomic E-state index is 4.64. The molecule has 0 unspecified atom stereocenters. The van der Waals surface area contributed by atoms with Gasteiger partial charge in [0.05, 0.1) is 10.6 Å². The highest BCUT2D eigenvalue weighted by Crippen LogP contribution is 2.23. The summed E-state index contributed by atoms with van der Waals surface area (Å²) >= 11 is 1.73. The molecular weight excluding hydrogens is 216 g/mol. The summed E-state index contributed by atoms with van der Waals surface area (Å²) in [7, 11) is 0. The first kappa shape index (κ1) is 11.3. The minimum atomic E-state index is 0.903. The Kier molecular flexibility index (Phi) is 3.70. The van der Waals surface area contributed by atoms with Gasteiger partial charge in [0.15, 0.2) is 0 Å². The van der Waals surface area contributed by atoms with E-state index in [9.17, 15) is 0 Å². The zero-order valence-corrected chi connectivity index (χ0v) is 10.5. The highest BCUT2D eigenvalue weighted by molar-refractivity contribution is 7.13. The quantitative estimate of drug-likeness (QED) is 0.875. The molecule has 0 amide bonds. The third-order valence-corrected chi connectivity index (χ3v) is 3.43. The van der Waals surface area contributed by atoms with Gasteiger partial charge in [-0.15, -0.1) is 11.3 Å². The van der Waals surface area contributed by atoms with Crippen molar-refractivity contribution < 1.29 is 0 Å². The number of hydrogen-bond acceptors (Lipinski definition) is 3. The molecule has 0 spiro atoms. The van der Waals surface area contributed by atoms with E-state index in [4.69, 9.17) is 0 Å². The van der Waals surface area contributed by atoms with E-state index in [-0.39, 0.29) is 0 Å². The molecule has 2 heterocycles. The Balaban J connectivity index is 2.23. The SMILES string of the molecule is CCNCc1ccc(-c2cccs2)nc1C. The molecule has 2 aromatic heterocycles. The number of thiophene rings is 1. The van der Waals surface area contributed by atoms with Crippen molar-refractivity contribution in [2.24, 2.45) is 0 Å². The minimum Gasteiger partial charge on any atom is -0.313 e. The van der Waals surface area contributed by atoms with Crippen LogP contribution in [0.15, 0.2) is 29.6 Å². The van der Waals surface area contributed by atoms with Gasteiger partial charge in [0, 0.05) is 12.2 Å². The normalized spacial score (nSPS) is 10.6. The third kappa shape index (κ3) is 2.49. The molecule has 0 aliphatic carbocycles. The molecular formula is C13H16N2S. The first-order chi connectivity index (χ1) is 7.81. The van der Waals surface area contributed by atoms with Crippen LogP contribution in [0.3, 0.4) is 0 Å². The fourth-order valence-corrected chi connectivity index (χ4v) is 2.29. The van der Waals surface area contributed by atoms with E-state index in [0.717, 1.165) is 24.5 Å². The Bertz CT molecular complexity index is 449. The van der Waals surface area contributed by atoms with Gasteiger partial charge in [-0.05, 0) is 36.5 Å². The van der Waals surface area contributed by atoms with E-state index < -0.39 is 0 Å². The molecule has 84 valence electrons. The van der Waals surface area contributed by atoms with Gasteiger partial charge in [0.25, 0.3) is 0 Å². The Morgan fingerprint density at radius 1 is 1.31 bits per heavy atom. The summed E-state index contributed by atoms with van der Waals surface area (Å²) in [4.78, 5) is 5.87. The number of pyridine rings is 1. The summed E-state index contributed by atoms with van der Waals surface area (Å²) in [6.45, 7) is 6.08. The summed E-state index contributed by atoms with van der Waals surface area (Å²) in [5.74, 6) is 0. The monoisotopic (exact) mass is 232 g/mol. The molecule has 0 radical (unpaired) electrons. The van der Waals surface area contributed by atoms with Crippen LogP contribution in [0.4, 0.5) is 0 Å². The molecule has 3 heteroatoms. The standard InChI is InChI=1S/C13H16N2S/c1-3-14-9-11-6-7-12(15-10(11)2)13-5-4-8-16-13/h4-8,14H,3,9H2,1-2H3. The van der Waals surface area contributed by atoms with Gasteiger partial charge in [0.2, 0.25) is 0 Å². The molecule has 0 aliphatic rings. The molecule has 2 aromatic rings. The lowest BCUT2D eigenvalue weighted by molar-refractivity contribution is 0.720. The number of nitrogens with one attached hydrogen (secondary N) is 1. The zero-order chi connectivity index (χ0) is 11.4. The highest BCUT2D eigenvalue weighted by Gasteiger charge is 2.03. The van der Waals surface area contributed by atoms with E-state index in [0.29, 0.717) is 0 Å². The van der Waals surface area contributed by atoms with Crippen LogP contribution in [-0.4, -0.2) is 11.5 Å². The lowest BCUT2D eigenvalue weighted by Gasteiger charge is -2.07. The van der Waals surface area contributed by atoms with E-state index in [1.165, 1.54) is 10.4 Å². The largest absolute Gasteiger partial charge is 0.313 e. The van der Waals surface area contributed by atoms with Crippen molar-refractivity contribution in [2.75, 3.05) is 6.54 Å². The van der Waals surface area contributed by atoms with E-state index in [1.807, 2.05) is 0 Å². The number of aryl methyl sites for hydroxylation is 1. The lowest BCUT2D eigenvalue weighted by atomic mass is 10.1. The van der Waals surface area contributed by atoms with Crippen molar-refractivity contribution in [3.63, 3.8) is 0 Å². The van der Waals surface area contributed by atoms with Crippen molar-refractivity contribution in [3.8, 4) is 10.6 Å². The van der Waals surface area contributed by atoms with E-state index >= 15 is 0 Å². The van der Waals surface area contributed by atoms with Gasteiger partial charge in [0.1, 0.15) is 0 Å². The van der Waals surface area contributed by atoms with Crippen LogP contribution >= 0.6 is 11.3 Å². The maximum Gasteiger partial charge on any atom is 0.0805 e. The van der Waals surface area contributed by atoms with Gasteiger partial charge < -0.3 is 5.32 Å². The average Bonchev–Trinajstić information content (AvgIpc) is 2.81. The smallest absolute Gasteiger partial charge is 0.0805 e. The first-order valence-electron chi connectivity index (χ1n) is 5.52. The van der Waals surface area contributed by atoms with Crippen LogP contribution in [0.1, 0.15) is 18.2 Å². The summed E-state index contributed by atoms with van der Waals surface area (Å²) in [5, 5.41) is 5.40. The van der Waals surface area contributed by atoms with Gasteiger partial charge in [-0.25, -0.2) is 0 Å².